The van der Waals surface area contributed by atoms with Crippen molar-refractivity contribution in [2.45, 2.75) is 20.3 Å². The lowest BCUT2D eigenvalue weighted by atomic mass is 10.0. The number of hydrogen-bond acceptors (Lipinski definition) is 6. The molecule has 3 rings (SSSR count). The minimum absolute atomic E-state index is 0.137. The molecule has 1 aromatic heterocycles. The number of methoxy groups -OCH3 is 1. The number of nitrogens with zero attached hydrogens (tertiary/aromatic N) is 2. The van der Waals surface area contributed by atoms with E-state index in [9.17, 15) is 0 Å². The normalized spacial score (nSPS) is 10.6. The van der Waals surface area contributed by atoms with Crippen LogP contribution < -0.4 is 4.74 Å². The van der Waals surface area contributed by atoms with Crippen LogP contribution in [0.5, 0.6) is 10.9 Å². The molecule has 3 aromatic rings. The highest BCUT2D eigenvalue weighted by atomic mass is 35.5. The number of hydrogen-bond donors (Lipinski definition) is 1. The van der Waals surface area contributed by atoms with Crippen molar-refractivity contribution < 1.29 is 9.47 Å². The van der Waals surface area contributed by atoms with Gasteiger partial charge in [0.05, 0.1) is 7.11 Å². The zero-order chi connectivity index (χ0) is 18.7. The maximum atomic E-state index is 7.84. The van der Waals surface area contributed by atoms with Gasteiger partial charge >= 0.3 is 0 Å². The number of aryl methyl sites for hydroxylation is 2. The molecule has 0 aliphatic heterocycles. The fraction of sp³-hybridized carbons (Fsp3) is 0.211. The Kier molecular flexibility index (Phi) is 5.54. The highest BCUT2D eigenvalue weighted by Crippen LogP contribution is 2.29. The van der Waals surface area contributed by atoms with Crippen LogP contribution in [-0.2, 0) is 11.2 Å². The summed E-state index contributed by atoms with van der Waals surface area (Å²) in [5.41, 5.74) is 3.65. The van der Waals surface area contributed by atoms with E-state index in [-0.39, 0.29) is 5.90 Å². The van der Waals surface area contributed by atoms with Gasteiger partial charge < -0.3 is 9.47 Å². The smallest absolute Gasteiger partial charge is 0.298 e. The molecule has 0 unspecified atom stereocenters. The molecule has 26 heavy (non-hydrogen) atoms. The number of ether oxygens (including phenoxy) is 2. The van der Waals surface area contributed by atoms with E-state index in [4.69, 9.17) is 26.5 Å². The lowest BCUT2D eigenvalue weighted by molar-refractivity contribution is 0.400. The molecular weight excluding hydrogens is 370 g/mol. The lowest BCUT2D eigenvalue weighted by Crippen LogP contribution is -2.05. The largest absolute Gasteiger partial charge is 0.481 e. The summed E-state index contributed by atoms with van der Waals surface area (Å²) in [6, 6.07) is 11.4. The van der Waals surface area contributed by atoms with Crippen molar-refractivity contribution >= 4 is 29.0 Å². The van der Waals surface area contributed by atoms with Gasteiger partial charge in [0.1, 0.15) is 5.75 Å². The molecule has 0 saturated heterocycles. The Morgan fingerprint density at radius 1 is 1.15 bits per heavy atom. The van der Waals surface area contributed by atoms with Crippen LogP contribution in [0.3, 0.4) is 0 Å². The number of nitrogens with one attached hydrogen (secondary N) is 1. The van der Waals surface area contributed by atoms with E-state index in [1.54, 1.807) is 0 Å². The average Bonchev–Trinajstić information content (AvgIpc) is 3.06. The van der Waals surface area contributed by atoms with Crippen LogP contribution in [0.15, 0.2) is 36.4 Å². The van der Waals surface area contributed by atoms with Gasteiger partial charge in [-0.1, -0.05) is 23.7 Å². The van der Waals surface area contributed by atoms with Crippen LogP contribution in [0.25, 0.3) is 0 Å². The van der Waals surface area contributed by atoms with Crippen LogP contribution >= 0.6 is 23.1 Å². The summed E-state index contributed by atoms with van der Waals surface area (Å²) >= 11 is 7.13. The van der Waals surface area contributed by atoms with Gasteiger partial charge in [0.15, 0.2) is 5.82 Å². The first-order valence-corrected chi connectivity index (χ1v) is 9.10. The minimum atomic E-state index is 0.137. The van der Waals surface area contributed by atoms with Crippen molar-refractivity contribution in [1.29, 1.82) is 5.41 Å². The second-order valence-electron chi connectivity index (χ2n) is 5.85. The quantitative estimate of drug-likeness (QED) is 0.484. The van der Waals surface area contributed by atoms with Crippen molar-refractivity contribution in [1.82, 2.24) is 9.36 Å². The maximum Gasteiger partial charge on any atom is 0.298 e. The van der Waals surface area contributed by atoms with E-state index in [0.717, 1.165) is 22.3 Å². The number of aromatic nitrogens is 2. The van der Waals surface area contributed by atoms with Crippen molar-refractivity contribution in [3.05, 3.63) is 69.5 Å². The highest BCUT2D eigenvalue weighted by molar-refractivity contribution is 7.07. The first-order valence-electron chi connectivity index (χ1n) is 7.95. The third kappa shape index (κ3) is 4.20. The van der Waals surface area contributed by atoms with Crippen molar-refractivity contribution in [3.8, 4) is 10.9 Å². The van der Waals surface area contributed by atoms with Crippen LogP contribution in [0.4, 0.5) is 0 Å². The zero-order valence-corrected chi connectivity index (χ0v) is 16.2. The molecule has 0 amide bonds. The van der Waals surface area contributed by atoms with Gasteiger partial charge in [0, 0.05) is 28.5 Å². The van der Waals surface area contributed by atoms with E-state index >= 15 is 0 Å². The molecular formula is C19H18ClN3O2S. The molecule has 0 aliphatic rings. The monoisotopic (exact) mass is 387 g/mol. The van der Waals surface area contributed by atoms with Gasteiger partial charge in [-0.25, -0.2) is 0 Å². The Morgan fingerprint density at radius 3 is 2.58 bits per heavy atom. The van der Waals surface area contributed by atoms with Gasteiger partial charge in [0.2, 0.25) is 5.90 Å². The summed E-state index contributed by atoms with van der Waals surface area (Å²) in [6.45, 7) is 3.85. The van der Waals surface area contributed by atoms with Gasteiger partial charge in [0.25, 0.3) is 5.19 Å². The highest BCUT2D eigenvalue weighted by Gasteiger charge is 2.13. The fourth-order valence-corrected chi connectivity index (χ4v) is 3.17. The average molecular weight is 388 g/mol. The Balaban J connectivity index is 1.75. The van der Waals surface area contributed by atoms with Crippen LogP contribution in [-0.4, -0.2) is 22.4 Å². The molecule has 0 fully saturated rings. The van der Waals surface area contributed by atoms with Gasteiger partial charge in [-0.3, -0.25) is 5.41 Å². The van der Waals surface area contributed by atoms with Crippen LogP contribution in [0.2, 0.25) is 5.02 Å². The van der Waals surface area contributed by atoms with Crippen molar-refractivity contribution in [2.75, 3.05) is 7.11 Å². The summed E-state index contributed by atoms with van der Waals surface area (Å²) in [5.74, 6) is 1.54. The molecule has 0 saturated carbocycles. The van der Waals surface area contributed by atoms with E-state index < -0.39 is 0 Å². The zero-order valence-electron chi connectivity index (χ0n) is 14.7. The molecule has 1 heterocycles. The first kappa shape index (κ1) is 18.4. The Morgan fingerprint density at radius 2 is 1.88 bits per heavy atom. The molecule has 5 nitrogen and oxygen atoms in total. The molecule has 0 aliphatic carbocycles. The summed E-state index contributed by atoms with van der Waals surface area (Å²) in [4.78, 5) is 4.45. The van der Waals surface area contributed by atoms with E-state index in [1.165, 1.54) is 18.6 Å². The summed E-state index contributed by atoms with van der Waals surface area (Å²) in [7, 11) is 1.49. The molecule has 0 spiro atoms. The molecule has 0 bridgehead atoms. The first-order chi connectivity index (χ1) is 12.5. The van der Waals surface area contributed by atoms with Crippen molar-refractivity contribution in [2.24, 2.45) is 0 Å². The number of benzene rings is 2. The predicted molar refractivity (Wildman–Crippen MR) is 104 cm³/mol. The molecule has 2 aromatic carbocycles. The minimum Gasteiger partial charge on any atom is -0.481 e. The summed E-state index contributed by atoms with van der Waals surface area (Å²) in [6.07, 6.45) is 0.624. The lowest BCUT2D eigenvalue weighted by Gasteiger charge is -2.11. The summed E-state index contributed by atoms with van der Waals surface area (Å²) < 4.78 is 15.3. The Labute approximate surface area is 161 Å². The molecule has 7 heteroatoms. The van der Waals surface area contributed by atoms with Gasteiger partial charge in [-0.15, -0.1) is 0 Å². The maximum absolute atomic E-state index is 7.84. The van der Waals surface area contributed by atoms with E-state index in [0.29, 0.717) is 28.2 Å². The third-order valence-corrected chi connectivity index (χ3v) is 4.78. The molecule has 1 N–H and O–H groups in total. The predicted octanol–water partition coefficient (Wildman–Crippen LogP) is 5.16. The van der Waals surface area contributed by atoms with Crippen molar-refractivity contribution in [3.63, 3.8) is 0 Å². The standard InChI is InChI=1S/C19H18ClN3O2S/c1-11-9-16(12(2)8-15(11)18(21)24-3)25-19-22-17(23-26-19)10-13-4-6-14(20)7-5-13/h4-9,21H,10H2,1-3H3. The number of rotatable bonds is 5. The SMILES string of the molecule is COC(=N)c1cc(C)c(Oc2nc(Cc3ccc(Cl)cc3)ns2)cc1C. The molecule has 0 radical (unpaired) electrons. The fourth-order valence-electron chi connectivity index (χ4n) is 2.48. The summed E-state index contributed by atoms with van der Waals surface area (Å²) in [5, 5.41) is 9.04. The van der Waals surface area contributed by atoms with E-state index in [1.807, 2.05) is 50.2 Å². The number of halogens is 1. The van der Waals surface area contributed by atoms with Gasteiger partial charge in [-0.05, 0) is 54.8 Å². The van der Waals surface area contributed by atoms with Gasteiger partial charge in [-0.2, -0.15) is 9.36 Å². The second kappa shape index (κ2) is 7.85. The Bertz CT molecular complexity index is 938. The third-order valence-electron chi connectivity index (χ3n) is 3.89. The topological polar surface area (TPSA) is 68.1 Å². The molecule has 0 atom stereocenters. The molecule has 134 valence electrons. The van der Waals surface area contributed by atoms with Crippen LogP contribution in [0.1, 0.15) is 28.1 Å². The van der Waals surface area contributed by atoms with Crippen LogP contribution in [0, 0.1) is 19.3 Å². The second-order valence-corrected chi connectivity index (χ2v) is 7.00. The van der Waals surface area contributed by atoms with E-state index in [2.05, 4.69) is 9.36 Å². The Hall–Kier alpha value is -2.44.